The first-order valence-electron chi connectivity index (χ1n) is 10.4. The highest BCUT2D eigenvalue weighted by Crippen LogP contribution is 2.37. The predicted octanol–water partition coefficient (Wildman–Crippen LogP) is 2.44. The van der Waals surface area contributed by atoms with Crippen LogP contribution in [-0.4, -0.2) is 55.4 Å². The standard InChI is InChI=1S/C19H33F3N4O/c1-2-18(27)24-11-13-10-23-17(12-4-3-5-14(20)8-12)9-15(13)16-6-7-26(25-16)19(21)22/h12-17,19,23,25H,2-11H2,1H3,(H,24,27). The van der Waals surface area contributed by atoms with Crippen LogP contribution in [0.4, 0.5) is 13.2 Å². The van der Waals surface area contributed by atoms with Crippen molar-refractivity contribution >= 4 is 5.91 Å². The van der Waals surface area contributed by atoms with Gasteiger partial charge in [0.05, 0.1) is 0 Å². The fourth-order valence-corrected chi connectivity index (χ4v) is 5.08. The summed E-state index contributed by atoms with van der Waals surface area (Å²) >= 11 is 0. The molecule has 1 saturated carbocycles. The highest BCUT2D eigenvalue weighted by atomic mass is 19.3. The summed E-state index contributed by atoms with van der Waals surface area (Å²) in [6, 6.07) is 0.214. The van der Waals surface area contributed by atoms with E-state index in [2.05, 4.69) is 16.1 Å². The van der Waals surface area contributed by atoms with Gasteiger partial charge >= 0.3 is 6.55 Å². The summed E-state index contributed by atoms with van der Waals surface area (Å²) < 4.78 is 40.0. The molecule has 3 N–H and O–H groups in total. The van der Waals surface area contributed by atoms with E-state index in [0.29, 0.717) is 44.7 Å². The van der Waals surface area contributed by atoms with Gasteiger partial charge in [-0.3, -0.25) is 4.79 Å². The zero-order chi connectivity index (χ0) is 19.4. The molecule has 2 saturated heterocycles. The lowest BCUT2D eigenvalue weighted by atomic mass is 9.72. The van der Waals surface area contributed by atoms with E-state index < -0.39 is 12.7 Å². The minimum atomic E-state index is -2.50. The fraction of sp³-hybridized carbons (Fsp3) is 0.947. The molecule has 0 bridgehead atoms. The number of hydrogen-bond acceptors (Lipinski definition) is 4. The summed E-state index contributed by atoms with van der Waals surface area (Å²) in [5.74, 6) is 0.709. The van der Waals surface area contributed by atoms with Crippen LogP contribution in [0.5, 0.6) is 0 Å². The molecule has 0 aromatic carbocycles. The van der Waals surface area contributed by atoms with Crippen molar-refractivity contribution in [3.8, 4) is 0 Å². The van der Waals surface area contributed by atoms with Gasteiger partial charge < -0.3 is 10.6 Å². The molecule has 1 amide bonds. The van der Waals surface area contributed by atoms with Gasteiger partial charge in [-0.15, -0.1) is 0 Å². The van der Waals surface area contributed by atoms with Crippen molar-refractivity contribution in [3.05, 3.63) is 0 Å². The quantitative estimate of drug-likeness (QED) is 0.610. The number of alkyl halides is 3. The van der Waals surface area contributed by atoms with E-state index in [1.54, 1.807) is 0 Å². The van der Waals surface area contributed by atoms with Crippen LogP contribution >= 0.6 is 0 Å². The molecule has 0 radical (unpaired) electrons. The van der Waals surface area contributed by atoms with Gasteiger partial charge in [-0.05, 0) is 49.9 Å². The van der Waals surface area contributed by atoms with E-state index in [1.165, 1.54) is 0 Å². The summed E-state index contributed by atoms with van der Waals surface area (Å²) in [6.45, 7) is 0.939. The molecule has 2 aliphatic heterocycles. The molecule has 8 heteroatoms. The van der Waals surface area contributed by atoms with Gasteiger partial charge in [0, 0.05) is 38.1 Å². The van der Waals surface area contributed by atoms with Crippen LogP contribution in [0.3, 0.4) is 0 Å². The minimum absolute atomic E-state index is 0.0111. The second kappa shape index (κ2) is 9.56. The monoisotopic (exact) mass is 390 g/mol. The Balaban J connectivity index is 1.65. The molecule has 6 unspecified atom stereocenters. The van der Waals surface area contributed by atoms with Crippen molar-refractivity contribution < 1.29 is 18.0 Å². The van der Waals surface area contributed by atoms with E-state index in [1.807, 2.05) is 6.92 Å². The smallest absolute Gasteiger partial charge is 0.306 e. The molecule has 0 spiro atoms. The average Bonchev–Trinajstić information content (AvgIpc) is 3.16. The van der Waals surface area contributed by atoms with Crippen molar-refractivity contribution in [1.29, 1.82) is 0 Å². The van der Waals surface area contributed by atoms with Crippen molar-refractivity contribution in [3.63, 3.8) is 0 Å². The fourth-order valence-electron chi connectivity index (χ4n) is 5.08. The first kappa shape index (κ1) is 20.9. The third-order valence-electron chi connectivity index (χ3n) is 6.64. The maximum atomic E-state index is 13.9. The Morgan fingerprint density at radius 3 is 2.70 bits per heavy atom. The highest BCUT2D eigenvalue weighted by molar-refractivity contribution is 5.75. The number of rotatable bonds is 6. The number of hydrogen-bond donors (Lipinski definition) is 3. The Hall–Kier alpha value is -0.860. The van der Waals surface area contributed by atoms with Crippen LogP contribution in [0.25, 0.3) is 0 Å². The van der Waals surface area contributed by atoms with Gasteiger partial charge in [-0.1, -0.05) is 13.3 Å². The molecule has 5 nitrogen and oxygen atoms in total. The lowest BCUT2D eigenvalue weighted by molar-refractivity contribution is -0.121. The Morgan fingerprint density at radius 2 is 2.04 bits per heavy atom. The number of hydrazine groups is 1. The van der Waals surface area contributed by atoms with Crippen LogP contribution in [0.15, 0.2) is 0 Å². The second-order valence-corrected chi connectivity index (χ2v) is 8.35. The van der Waals surface area contributed by atoms with E-state index in [-0.39, 0.29) is 29.8 Å². The van der Waals surface area contributed by atoms with Gasteiger partial charge in [0.2, 0.25) is 5.91 Å². The van der Waals surface area contributed by atoms with Gasteiger partial charge in [-0.2, -0.15) is 13.8 Å². The van der Waals surface area contributed by atoms with Crippen LogP contribution in [0, 0.1) is 17.8 Å². The SMILES string of the molecule is CCC(=O)NCC1CNC(C2CCCC(F)C2)CC1C1CCN(C(F)F)N1. The van der Waals surface area contributed by atoms with Crippen molar-refractivity contribution in [1.82, 2.24) is 21.1 Å². The van der Waals surface area contributed by atoms with Gasteiger partial charge in [0.25, 0.3) is 0 Å². The third kappa shape index (κ3) is 5.35. The van der Waals surface area contributed by atoms with Crippen LogP contribution < -0.4 is 16.1 Å². The number of nitrogens with zero attached hydrogens (tertiary/aromatic N) is 1. The Kier molecular flexibility index (Phi) is 7.39. The van der Waals surface area contributed by atoms with E-state index in [9.17, 15) is 18.0 Å². The molecule has 3 fully saturated rings. The van der Waals surface area contributed by atoms with Crippen LogP contribution in [0.1, 0.15) is 51.9 Å². The first-order chi connectivity index (χ1) is 13.0. The number of carbonyl (C=O) groups is 1. The molecule has 0 aromatic rings. The Bertz CT molecular complexity index is 496. The van der Waals surface area contributed by atoms with E-state index in [0.717, 1.165) is 30.8 Å². The number of nitrogens with one attached hydrogen (secondary N) is 3. The topological polar surface area (TPSA) is 56.4 Å². The van der Waals surface area contributed by atoms with Crippen LogP contribution in [-0.2, 0) is 4.79 Å². The van der Waals surface area contributed by atoms with Gasteiger partial charge in [0.1, 0.15) is 6.17 Å². The molecule has 3 rings (SSSR count). The van der Waals surface area contributed by atoms with Gasteiger partial charge in [-0.25, -0.2) is 9.82 Å². The number of amides is 1. The molecular formula is C19H33F3N4O. The van der Waals surface area contributed by atoms with E-state index in [4.69, 9.17) is 0 Å². The molecule has 0 aromatic heterocycles. The number of halogens is 3. The Morgan fingerprint density at radius 1 is 1.22 bits per heavy atom. The zero-order valence-corrected chi connectivity index (χ0v) is 16.1. The molecule has 156 valence electrons. The molecule has 2 heterocycles. The van der Waals surface area contributed by atoms with Gasteiger partial charge in [0.15, 0.2) is 0 Å². The maximum absolute atomic E-state index is 13.9. The van der Waals surface area contributed by atoms with Crippen molar-refractivity contribution in [2.45, 2.75) is 76.7 Å². The summed E-state index contributed by atoms with van der Waals surface area (Å²) in [6.07, 6.45) is 4.46. The average molecular weight is 390 g/mol. The zero-order valence-electron chi connectivity index (χ0n) is 16.1. The summed E-state index contributed by atoms with van der Waals surface area (Å²) in [4.78, 5) is 11.7. The lowest BCUT2D eigenvalue weighted by Crippen LogP contribution is -2.56. The molecule has 1 aliphatic carbocycles. The normalized spacial score (nSPS) is 38.3. The molecule has 3 aliphatic rings. The third-order valence-corrected chi connectivity index (χ3v) is 6.64. The lowest BCUT2D eigenvalue weighted by Gasteiger charge is -2.44. The van der Waals surface area contributed by atoms with E-state index >= 15 is 0 Å². The Labute approximate surface area is 159 Å². The molecular weight excluding hydrogens is 357 g/mol. The number of piperidine rings is 1. The largest absolute Gasteiger partial charge is 0.356 e. The first-order valence-corrected chi connectivity index (χ1v) is 10.4. The second-order valence-electron chi connectivity index (χ2n) is 8.35. The molecule has 27 heavy (non-hydrogen) atoms. The summed E-state index contributed by atoms with van der Waals surface area (Å²) in [5, 5.41) is 7.56. The maximum Gasteiger partial charge on any atom is 0.306 e. The van der Waals surface area contributed by atoms with Crippen molar-refractivity contribution in [2.24, 2.45) is 17.8 Å². The predicted molar refractivity (Wildman–Crippen MR) is 97.8 cm³/mol. The summed E-state index contributed by atoms with van der Waals surface area (Å²) in [7, 11) is 0. The van der Waals surface area contributed by atoms with Crippen molar-refractivity contribution in [2.75, 3.05) is 19.6 Å². The highest BCUT2D eigenvalue weighted by Gasteiger charge is 2.42. The van der Waals surface area contributed by atoms with Crippen LogP contribution in [0.2, 0.25) is 0 Å². The number of carbonyl (C=O) groups excluding carboxylic acids is 1. The summed E-state index contributed by atoms with van der Waals surface area (Å²) in [5.41, 5.74) is 2.99. The molecule has 6 atom stereocenters. The minimum Gasteiger partial charge on any atom is -0.356 e.